The average molecular weight is 546 g/mol. The number of carbonyl (C=O) groups excluding carboxylic acids is 3. The van der Waals surface area contributed by atoms with E-state index >= 15 is 0 Å². The second-order valence-corrected chi connectivity index (χ2v) is 10.6. The standard InChI is InChI=1S/C30H31N3O5S/c1-20-17-22(18-27-29(35)32(30(36)39-27)19-28(34)31-15-5-4-6-16-31)21(2)33(20)23-7-9-25(10-8-23)38-26-13-11-24(37-3)12-14-26/h7-14,17-18H,4-6,15-16,19H2,1-3H3/b27-18-. The van der Waals surface area contributed by atoms with Gasteiger partial charge < -0.3 is 18.9 Å². The molecule has 2 aromatic carbocycles. The Balaban J connectivity index is 1.30. The first kappa shape index (κ1) is 26.6. The molecular formula is C30H31N3O5S. The predicted octanol–water partition coefficient (Wildman–Crippen LogP) is 5.94. The minimum absolute atomic E-state index is 0.171. The second-order valence-electron chi connectivity index (χ2n) is 9.64. The van der Waals surface area contributed by atoms with Crippen LogP contribution in [0.3, 0.4) is 0 Å². The van der Waals surface area contributed by atoms with Crippen LogP contribution in [0.15, 0.2) is 59.5 Å². The van der Waals surface area contributed by atoms with Crippen LogP contribution in [0, 0.1) is 13.8 Å². The second kappa shape index (κ2) is 11.4. The maximum Gasteiger partial charge on any atom is 0.294 e. The summed E-state index contributed by atoms with van der Waals surface area (Å²) < 4.78 is 13.2. The summed E-state index contributed by atoms with van der Waals surface area (Å²) in [6.45, 7) is 5.14. The molecule has 0 saturated carbocycles. The van der Waals surface area contributed by atoms with Crippen LogP contribution in [0.25, 0.3) is 11.8 Å². The summed E-state index contributed by atoms with van der Waals surface area (Å²) in [5, 5.41) is -0.405. The van der Waals surface area contributed by atoms with Gasteiger partial charge in [-0.25, -0.2) is 0 Å². The van der Waals surface area contributed by atoms with Gasteiger partial charge in [-0.15, -0.1) is 0 Å². The lowest BCUT2D eigenvalue weighted by molar-refractivity contribution is -0.136. The van der Waals surface area contributed by atoms with Crippen LogP contribution in [0.1, 0.15) is 36.2 Å². The minimum Gasteiger partial charge on any atom is -0.497 e. The van der Waals surface area contributed by atoms with Crippen molar-refractivity contribution in [1.82, 2.24) is 14.4 Å². The molecule has 0 bridgehead atoms. The van der Waals surface area contributed by atoms with Crippen LogP contribution >= 0.6 is 11.8 Å². The molecule has 9 heteroatoms. The van der Waals surface area contributed by atoms with Crippen LogP contribution in [-0.4, -0.2) is 58.2 Å². The topological polar surface area (TPSA) is 81.1 Å². The number of piperidine rings is 1. The molecule has 0 radical (unpaired) electrons. The summed E-state index contributed by atoms with van der Waals surface area (Å²) in [4.78, 5) is 41.5. The number of amides is 3. The van der Waals surface area contributed by atoms with Gasteiger partial charge in [0.05, 0.1) is 12.0 Å². The molecule has 0 aliphatic carbocycles. The molecule has 3 aromatic rings. The summed E-state index contributed by atoms with van der Waals surface area (Å²) in [6.07, 6.45) is 4.77. The number of aryl methyl sites for hydroxylation is 1. The number of imide groups is 1. The lowest BCUT2D eigenvalue weighted by Crippen LogP contribution is -2.44. The number of ether oxygens (including phenoxy) is 2. The molecule has 3 amide bonds. The molecule has 2 aliphatic rings. The molecule has 5 rings (SSSR count). The molecule has 2 fully saturated rings. The number of hydrogen-bond donors (Lipinski definition) is 0. The Hall–Kier alpha value is -3.98. The predicted molar refractivity (Wildman–Crippen MR) is 151 cm³/mol. The van der Waals surface area contributed by atoms with Crippen LogP contribution in [0.2, 0.25) is 0 Å². The maximum atomic E-state index is 13.1. The first-order chi connectivity index (χ1) is 18.8. The highest BCUT2D eigenvalue weighted by Crippen LogP contribution is 2.34. The van der Waals surface area contributed by atoms with Gasteiger partial charge in [0.15, 0.2) is 0 Å². The van der Waals surface area contributed by atoms with Gasteiger partial charge >= 0.3 is 0 Å². The Morgan fingerprint density at radius 1 is 0.923 bits per heavy atom. The van der Waals surface area contributed by atoms with E-state index in [-0.39, 0.29) is 12.5 Å². The van der Waals surface area contributed by atoms with Crippen molar-refractivity contribution in [2.75, 3.05) is 26.7 Å². The quantitative estimate of drug-likeness (QED) is 0.342. The summed E-state index contributed by atoms with van der Waals surface area (Å²) in [5.41, 5.74) is 3.72. The normalized spacial score (nSPS) is 16.7. The molecule has 0 unspecified atom stereocenters. The Morgan fingerprint density at radius 3 is 2.18 bits per heavy atom. The van der Waals surface area contributed by atoms with Gasteiger partial charge in [-0.1, -0.05) is 0 Å². The van der Waals surface area contributed by atoms with Gasteiger partial charge in [0.25, 0.3) is 11.1 Å². The number of rotatable bonds is 7. The van der Waals surface area contributed by atoms with Crippen LogP contribution in [-0.2, 0) is 9.59 Å². The first-order valence-corrected chi connectivity index (χ1v) is 13.8. The number of methoxy groups -OCH3 is 1. The SMILES string of the molecule is COc1ccc(Oc2ccc(-n3c(C)cc(/C=C4\SC(=O)N(CC(=O)N5CCCCC5)C4=O)c3C)cc2)cc1. The van der Waals surface area contributed by atoms with Gasteiger partial charge in [-0.3, -0.25) is 19.3 Å². The van der Waals surface area contributed by atoms with E-state index in [0.29, 0.717) is 29.5 Å². The number of hydrogen-bond acceptors (Lipinski definition) is 6. The lowest BCUT2D eigenvalue weighted by atomic mass is 10.1. The van der Waals surface area contributed by atoms with Crippen molar-refractivity contribution in [3.05, 3.63) is 76.5 Å². The molecule has 2 aliphatic heterocycles. The Morgan fingerprint density at radius 2 is 1.54 bits per heavy atom. The maximum absolute atomic E-state index is 13.1. The zero-order chi connectivity index (χ0) is 27.5. The van der Waals surface area contributed by atoms with Gasteiger partial charge in [0, 0.05) is 30.2 Å². The summed E-state index contributed by atoms with van der Waals surface area (Å²) in [7, 11) is 1.62. The number of benzene rings is 2. The minimum atomic E-state index is -0.416. The van der Waals surface area contributed by atoms with Crippen molar-refractivity contribution in [2.45, 2.75) is 33.1 Å². The van der Waals surface area contributed by atoms with Crippen molar-refractivity contribution in [1.29, 1.82) is 0 Å². The average Bonchev–Trinajstić information content (AvgIpc) is 3.38. The molecule has 3 heterocycles. The van der Waals surface area contributed by atoms with Gasteiger partial charge in [0.2, 0.25) is 5.91 Å². The molecule has 8 nitrogen and oxygen atoms in total. The third-order valence-electron chi connectivity index (χ3n) is 7.02. The van der Waals surface area contributed by atoms with Gasteiger partial charge in [-0.2, -0.15) is 0 Å². The van der Waals surface area contributed by atoms with E-state index in [1.165, 1.54) is 0 Å². The van der Waals surface area contributed by atoms with E-state index in [1.807, 2.05) is 68.4 Å². The highest BCUT2D eigenvalue weighted by atomic mass is 32.2. The summed E-state index contributed by atoms with van der Waals surface area (Å²) in [6, 6.07) is 17.1. The fourth-order valence-electron chi connectivity index (χ4n) is 4.93. The fourth-order valence-corrected chi connectivity index (χ4v) is 5.76. The molecule has 202 valence electrons. The molecule has 0 spiro atoms. The number of aromatic nitrogens is 1. The van der Waals surface area contributed by atoms with Crippen molar-refractivity contribution in [3.63, 3.8) is 0 Å². The number of nitrogens with zero attached hydrogens (tertiary/aromatic N) is 3. The molecule has 1 aromatic heterocycles. The van der Waals surface area contributed by atoms with Crippen LogP contribution in [0.4, 0.5) is 4.79 Å². The Kier molecular flexibility index (Phi) is 7.79. The van der Waals surface area contributed by atoms with E-state index in [2.05, 4.69) is 4.57 Å². The first-order valence-electron chi connectivity index (χ1n) is 13.0. The lowest BCUT2D eigenvalue weighted by Gasteiger charge is -2.27. The van der Waals surface area contributed by atoms with Gasteiger partial charge in [-0.05, 0) is 111 Å². The largest absolute Gasteiger partial charge is 0.497 e. The number of thioether (sulfide) groups is 1. The highest BCUT2D eigenvalue weighted by Gasteiger charge is 2.37. The summed E-state index contributed by atoms with van der Waals surface area (Å²) in [5.74, 6) is 1.60. The third-order valence-corrected chi connectivity index (χ3v) is 7.93. The fraction of sp³-hybridized carbons (Fsp3) is 0.300. The van der Waals surface area contributed by atoms with Crippen molar-refractivity contribution < 1.29 is 23.9 Å². The molecule has 0 atom stereocenters. The molecule has 0 N–H and O–H groups in total. The molecular weight excluding hydrogens is 514 g/mol. The molecule has 39 heavy (non-hydrogen) atoms. The van der Waals surface area contributed by atoms with Crippen molar-refractivity contribution in [2.24, 2.45) is 0 Å². The van der Waals surface area contributed by atoms with Crippen LogP contribution < -0.4 is 9.47 Å². The van der Waals surface area contributed by atoms with Crippen molar-refractivity contribution in [3.8, 4) is 22.9 Å². The van der Waals surface area contributed by atoms with E-state index in [1.54, 1.807) is 18.1 Å². The Bertz CT molecular complexity index is 1420. The smallest absolute Gasteiger partial charge is 0.294 e. The summed E-state index contributed by atoms with van der Waals surface area (Å²) >= 11 is 0.884. The number of carbonyl (C=O) groups is 3. The highest BCUT2D eigenvalue weighted by molar-refractivity contribution is 8.18. The zero-order valence-electron chi connectivity index (χ0n) is 22.3. The van der Waals surface area contributed by atoms with E-state index in [9.17, 15) is 14.4 Å². The van der Waals surface area contributed by atoms with E-state index in [4.69, 9.17) is 9.47 Å². The third kappa shape index (κ3) is 5.73. The van der Waals surface area contributed by atoms with Crippen LogP contribution in [0.5, 0.6) is 17.2 Å². The van der Waals surface area contributed by atoms with Gasteiger partial charge in [0.1, 0.15) is 23.8 Å². The zero-order valence-corrected chi connectivity index (χ0v) is 23.1. The van der Waals surface area contributed by atoms with E-state index < -0.39 is 11.1 Å². The van der Waals surface area contributed by atoms with Crippen molar-refractivity contribution >= 4 is 34.9 Å². The Labute approximate surface area is 232 Å². The van der Waals surface area contributed by atoms with E-state index in [0.717, 1.165) is 64.3 Å². The number of likely N-dealkylation sites (tertiary alicyclic amines) is 1. The monoisotopic (exact) mass is 545 g/mol. The molecule has 2 saturated heterocycles.